The van der Waals surface area contributed by atoms with E-state index in [0.29, 0.717) is 0 Å². The lowest BCUT2D eigenvalue weighted by Crippen LogP contribution is -2.33. The number of nitrogens with one attached hydrogen (secondary N) is 1. The fourth-order valence-corrected chi connectivity index (χ4v) is 2.23. The number of halogens is 1. The van der Waals surface area contributed by atoms with Crippen LogP contribution in [0.15, 0.2) is 24.3 Å². The molecule has 0 aliphatic carbocycles. The van der Waals surface area contributed by atoms with Gasteiger partial charge in [0.2, 0.25) is 0 Å². The van der Waals surface area contributed by atoms with Crippen LogP contribution >= 0.6 is 11.8 Å². The highest BCUT2D eigenvalue weighted by Crippen LogP contribution is 2.08. The van der Waals surface area contributed by atoms with Gasteiger partial charge in [-0.05, 0) is 37.0 Å². The summed E-state index contributed by atoms with van der Waals surface area (Å²) in [6.45, 7) is 4.04. The average molecular weight is 255 g/mol. The van der Waals surface area contributed by atoms with E-state index in [1.165, 1.54) is 12.1 Å². The fourth-order valence-electron chi connectivity index (χ4n) is 1.42. The normalized spacial score (nSPS) is 12.2. The number of thioether (sulfide) groups is 1. The molecule has 0 aliphatic heterocycles. The van der Waals surface area contributed by atoms with Gasteiger partial charge in [-0.2, -0.15) is 11.8 Å². The van der Waals surface area contributed by atoms with Gasteiger partial charge < -0.3 is 5.32 Å². The first-order valence-corrected chi connectivity index (χ1v) is 6.93. The molecule has 1 aromatic rings. The number of benzene rings is 1. The molecule has 0 saturated heterocycles. The zero-order valence-corrected chi connectivity index (χ0v) is 11.0. The van der Waals surface area contributed by atoms with Crippen molar-refractivity contribution in [2.45, 2.75) is 26.3 Å². The van der Waals surface area contributed by atoms with Crippen LogP contribution in [0.25, 0.3) is 0 Å². The summed E-state index contributed by atoms with van der Waals surface area (Å²) in [7, 11) is 0. The highest BCUT2D eigenvalue weighted by molar-refractivity contribution is 7.99. The first kappa shape index (κ1) is 14.0. The van der Waals surface area contributed by atoms with E-state index in [4.69, 9.17) is 0 Å². The zero-order valence-electron chi connectivity index (χ0n) is 10.2. The molecule has 94 valence electrons. The summed E-state index contributed by atoms with van der Waals surface area (Å²) in [6.07, 6.45) is 0.901. The first-order chi connectivity index (χ1) is 8.15. The van der Waals surface area contributed by atoms with Gasteiger partial charge in [-0.1, -0.05) is 19.1 Å². The van der Waals surface area contributed by atoms with Gasteiger partial charge in [0, 0.05) is 6.04 Å². The topological polar surface area (TPSA) is 29.1 Å². The molecule has 17 heavy (non-hydrogen) atoms. The van der Waals surface area contributed by atoms with Crippen molar-refractivity contribution < 1.29 is 9.18 Å². The molecule has 0 spiro atoms. The highest BCUT2D eigenvalue weighted by Gasteiger charge is 2.12. The summed E-state index contributed by atoms with van der Waals surface area (Å²) in [5, 5.41) is 2.80. The van der Waals surface area contributed by atoms with Crippen molar-refractivity contribution in [1.29, 1.82) is 0 Å². The predicted octanol–water partition coefficient (Wildman–Crippen LogP) is 3.09. The standard InChI is InChI=1S/C13H18FNOS/c1-3-17-9-8-10(2)15-13(16)11-6-4-5-7-12(11)14/h4-7,10H,3,8-9H2,1-2H3,(H,15,16)/t10-/m1/s1. The van der Waals surface area contributed by atoms with E-state index in [1.54, 1.807) is 12.1 Å². The lowest BCUT2D eigenvalue weighted by molar-refractivity contribution is 0.0935. The summed E-state index contributed by atoms with van der Waals surface area (Å²) in [4.78, 5) is 11.8. The Morgan fingerprint density at radius 1 is 1.47 bits per heavy atom. The van der Waals surface area contributed by atoms with Gasteiger partial charge >= 0.3 is 0 Å². The molecule has 2 nitrogen and oxygen atoms in total. The minimum Gasteiger partial charge on any atom is -0.349 e. The van der Waals surface area contributed by atoms with Crippen molar-refractivity contribution in [3.63, 3.8) is 0 Å². The van der Waals surface area contributed by atoms with E-state index in [0.717, 1.165) is 17.9 Å². The van der Waals surface area contributed by atoms with Crippen molar-refractivity contribution in [2.75, 3.05) is 11.5 Å². The van der Waals surface area contributed by atoms with Crippen LogP contribution in [0.2, 0.25) is 0 Å². The maximum Gasteiger partial charge on any atom is 0.254 e. The smallest absolute Gasteiger partial charge is 0.254 e. The number of hydrogen-bond acceptors (Lipinski definition) is 2. The molecule has 0 radical (unpaired) electrons. The molecule has 4 heteroatoms. The van der Waals surface area contributed by atoms with Gasteiger partial charge in [-0.15, -0.1) is 0 Å². The van der Waals surface area contributed by atoms with E-state index in [1.807, 2.05) is 18.7 Å². The van der Waals surface area contributed by atoms with E-state index in [9.17, 15) is 9.18 Å². The maximum absolute atomic E-state index is 13.3. The summed E-state index contributed by atoms with van der Waals surface area (Å²) in [5.74, 6) is 1.28. The predicted molar refractivity (Wildman–Crippen MR) is 70.9 cm³/mol. The molecule has 0 fully saturated rings. The molecule has 0 heterocycles. The SMILES string of the molecule is CCSCC[C@@H](C)NC(=O)c1ccccc1F. The average Bonchev–Trinajstić information content (AvgIpc) is 2.29. The van der Waals surface area contributed by atoms with Crippen molar-refractivity contribution in [3.8, 4) is 0 Å². The Morgan fingerprint density at radius 3 is 2.82 bits per heavy atom. The summed E-state index contributed by atoms with van der Waals surface area (Å²) in [6, 6.07) is 6.11. The van der Waals surface area contributed by atoms with Crippen LogP contribution in [0, 0.1) is 5.82 Å². The molecular formula is C13H18FNOS. The Kier molecular flexibility index (Phi) is 6.05. The lowest BCUT2D eigenvalue weighted by atomic mass is 10.1. The minimum atomic E-state index is -0.472. The quantitative estimate of drug-likeness (QED) is 0.791. The van der Waals surface area contributed by atoms with Crippen LogP contribution in [0.4, 0.5) is 4.39 Å². The molecule has 0 aromatic heterocycles. The second-order valence-corrected chi connectivity index (χ2v) is 5.23. The van der Waals surface area contributed by atoms with Gasteiger partial charge in [-0.25, -0.2) is 4.39 Å². The van der Waals surface area contributed by atoms with Gasteiger partial charge in [0.1, 0.15) is 5.82 Å². The zero-order chi connectivity index (χ0) is 12.7. The molecule has 1 amide bonds. The maximum atomic E-state index is 13.3. The highest BCUT2D eigenvalue weighted by atomic mass is 32.2. The van der Waals surface area contributed by atoms with Gasteiger partial charge in [0.05, 0.1) is 5.56 Å². The third-order valence-electron chi connectivity index (χ3n) is 2.40. The Bertz CT molecular complexity index is 370. The van der Waals surface area contributed by atoms with Crippen molar-refractivity contribution in [1.82, 2.24) is 5.32 Å². The monoisotopic (exact) mass is 255 g/mol. The van der Waals surface area contributed by atoms with Crippen molar-refractivity contribution in [3.05, 3.63) is 35.6 Å². The molecule has 1 aromatic carbocycles. The third-order valence-corrected chi connectivity index (χ3v) is 3.33. The van der Waals surface area contributed by atoms with Crippen LogP contribution in [0.3, 0.4) is 0 Å². The molecular weight excluding hydrogens is 237 g/mol. The number of carbonyl (C=O) groups is 1. The lowest BCUT2D eigenvalue weighted by Gasteiger charge is -2.13. The second kappa shape index (κ2) is 7.33. The molecule has 0 bridgehead atoms. The number of amides is 1. The van der Waals surface area contributed by atoms with E-state index in [2.05, 4.69) is 12.2 Å². The molecule has 1 atom stereocenters. The number of carbonyl (C=O) groups excluding carboxylic acids is 1. The van der Waals surface area contributed by atoms with Crippen molar-refractivity contribution >= 4 is 17.7 Å². The molecule has 0 saturated carbocycles. The minimum absolute atomic E-state index is 0.0705. The van der Waals surface area contributed by atoms with Gasteiger partial charge in [0.15, 0.2) is 0 Å². The van der Waals surface area contributed by atoms with E-state index < -0.39 is 5.82 Å². The number of hydrogen-bond donors (Lipinski definition) is 1. The van der Waals surface area contributed by atoms with Crippen LogP contribution in [0.1, 0.15) is 30.6 Å². The van der Waals surface area contributed by atoms with Crippen LogP contribution in [0.5, 0.6) is 0 Å². The fraction of sp³-hybridized carbons (Fsp3) is 0.462. The van der Waals surface area contributed by atoms with Gasteiger partial charge in [0.25, 0.3) is 5.91 Å². The molecule has 0 unspecified atom stereocenters. The molecule has 1 N–H and O–H groups in total. The first-order valence-electron chi connectivity index (χ1n) is 5.78. The third kappa shape index (κ3) is 4.77. The van der Waals surface area contributed by atoms with E-state index >= 15 is 0 Å². The summed E-state index contributed by atoms with van der Waals surface area (Å²) in [5.41, 5.74) is 0.113. The summed E-state index contributed by atoms with van der Waals surface area (Å²) < 4.78 is 13.3. The van der Waals surface area contributed by atoms with Crippen LogP contribution in [-0.4, -0.2) is 23.5 Å². The van der Waals surface area contributed by atoms with Crippen LogP contribution in [-0.2, 0) is 0 Å². The van der Waals surface area contributed by atoms with Gasteiger partial charge in [-0.3, -0.25) is 4.79 Å². The Labute approximate surface area is 106 Å². The van der Waals surface area contributed by atoms with E-state index in [-0.39, 0.29) is 17.5 Å². The molecule has 1 rings (SSSR count). The largest absolute Gasteiger partial charge is 0.349 e. The second-order valence-electron chi connectivity index (χ2n) is 3.84. The molecule has 0 aliphatic rings. The van der Waals surface area contributed by atoms with Crippen molar-refractivity contribution in [2.24, 2.45) is 0 Å². The Balaban J connectivity index is 2.46. The Morgan fingerprint density at radius 2 is 2.18 bits per heavy atom. The number of rotatable bonds is 6. The summed E-state index contributed by atoms with van der Waals surface area (Å²) >= 11 is 1.84. The Hall–Kier alpha value is -1.03. The van der Waals surface area contributed by atoms with Crippen LogP contribution < -0.4 is 5.32 Å².